The van der Waals surface area contributed by atoms with Crippen molar-refractivity contribution in [2.75, 3.05) is 20.8 Å². The number of ether oxygens (including phenoxy) is 4. The molecule has 0 radical (unpaired) electrons. The zero-order chi connectivity index (χ0) is 26.1. The molecule has 36 heavy (non-hydrogen) atoms. The number of hydrogen-bond donors (Lipinski definition) is 1. The van der Waals surface area contributed by atoms with Gasteiger partial charge in [-0.3, -0.25) is 4.79 Å². The molecular formula is C28H30N2O6. The molecule has 0 atom stereocenters. The summed E-state index contributed by atoms with van der Waals surface area (Å²) >= 11 is 0. The maximum absolute atomic E-state index is 12.4. The number of nitrogens with zero attached hydrogens (tertiary/aromatic N) is 1. The Kier molecular flexibility index (Phi) is 9.05. The first-order valence-electron chi connectivity index (χ1n) is 11.4. The third-order valence-electron chi connectivity index (χ3n) is 5.35. The van der Waals surface area contributed by atoms with Gasteiger partial charge in [0.25, 0.3) is 5.91 Å². The van der Waals surface area contributed by atoms with E-state index in [2.05, 4.69) is 30.4 Å². The van der Waals surface area contributed by atoms with Crippen molar-refractivity contribution in [2.45, 2.75) is 26.7 Å². The lowest BCUT2D eigenvalue weighted by Gasteiger charge is -2.12. The maximum Gasteiger partial charge on any atom is 0.343 e. The van der Waals surface area contributed by atoms with Gasteiger partial charge in [0.15, 0.2) is 18.1 Å². The summed E-state index contributed by atoms with van der Waals surface area (Å²) in [6, 6.07) is 17.5. The first-order valence-corrected chi connectivity index (χ1v) is 11.4. The molecule has 0 spiro atoms. The van der Waals surface area contributed by atoms with E-state index in [1.807, 2.05) is 19.1 Å². The lowest BCUT2D eigenvalue weighted by atomic mass is 10.0. The smallest absolute Gasteiger partial charge is 0.343 e. The van der Waals surface area contributed by atoms with Gasteiger partial charge in [0, 0.05) is 0 Å². The summed E-state index contributed by atoms with van der Waals surface area (Å²) in [5.41, 5.74) is 5.59. The first kappa shape index (κ1) is 26.3. The van der Waals surface area contributed by atoms with Crippen LogP contribution >= 0.6 is 0 Å². The topological polar surface area (TPSA) is 95.5 Å². The fourth-order valence-electron chi connectivity index (χ4n) is 3.24. The Morgan fingerprint density at radius 3 is 2.31 bits per heavy atom. The highest BCUT2D eigenvalue weighted by molar-refractivity contribution is 5.92. The van der Waals surface area contributed by atoms with E-state index < -0.39 is 5.97 Å². The molecule has 0 saturated carbocycles. The molecule has 0 aliphatic carbocycles. The van der Waals surface area contributed by atoms with Crippen molar-refractivity contribution in [1.29, 1.82) is 0 Å². The Labute approximate surface area is 210 Å². The molecule has 0 aliphatic rings. The highest BCUT2D eigenvalue weighted by Gasteiger charge is 2.13. The molecule has 8 heteroatoms. The first-order chi connectivity index (χ1) is 17.3. The second-order valence-corrected chi connectivity index (χ2v) is 8.29. The zero-order valence-corrected chi connectivity index (χ0v) is 21.0. The van der Waals surface area contributed by atoms with Gasteiger partial charge in [-0.1, -0.05) is 26.0 Å². The molecule has 0 heterocycles. The Balaban J connectivity index is 1.51. The van der Waals surface area contributed by atoms with Gasteiger partial charge < -0.3 is 18.9 Å². The minimum atomic E-state index is -0.529. The molecule has 1 amide bonds. The Hall–Kier alpha value is -4.33. The van der Waals surface area contributed by atoms with Crippen LogP contribution in [0.1, 0.15) is 46.8 Å². The number of hydrazone groups is 1. The second-order valence-electron chi connectivity index (χ2n) is 8.29. The van der Waals surface area contributed by atoms with Gasteiger partial charge in [-0.2, -0.15) is 5.10 Å². The van der Waals surface area contributed by atoms with E-state index in [-0.39, 0.29) is 12.5 Å². The van der Waals surface area contributed by atoms with E-state index >= 15 is 0 Å². The van der Waals surface area contributed by atoms with E-state index in [0.717, 1.165) is 11.1 Å². The summed E-state index contributed by atoms with van der Waals surface area (Å²) in [5.74, 6) is 1.46. The van der Waals surface area contributed by atoms with E-state index in [4.69, 9.17) is 18.9 Å². The molecule has 3 rings (SSSR count). The van der Waals surface area contributed by atoms with Crippen molar-refractivity contribution in [1.82, 2.24) is 5.43 Å². The van der Waals surface area contributed by atoms with Crippen LogP contribution in [-0.4, -0.2) is 38.9 Å². The van der Waals surface area contributed by atoms with Gasteiger partial charge in [0.05, 0.1) is 26.0 Å². The number of carbonyl (C=O) groups excluding carboxylic acids is 2. The fraction of sp³-hybridized carbons (Fsp3) is 0.250. The second kappa shape index (κ2) is 12.4. The molecule has 8 nitrogen and oxygen atoms in total. The van der Waals surface area contributed by atoms with Crippen LogP contribution in [-0.2, 0) is 4.79 Å². The Morgan fingerprint density at radius 1 is 0.917 bits per heavy atom. The number of carbonyl (C=O) groups is 2. The molecule has 3 aromatic rings. The molecule has 0 saturated heterocycles. The van der Waals surface area contributed by atoms with Gasteiger partial charge in [0.1, 0.15) is 11.5 Å². The summed E-state index contributed by atoms with van der Waals surface area (Å²) in [5, 5.41) is 3.96. The summed E-state index contributed by atoms with van der Waals surface area (Å²) in [6.07, 6.45) is 1.49. The van der Waals surface area contributed by atoms with Crippen molar-refractivity contribution in [3.8, 4) is 23.0 Å². The van der Waals surface area contributed by atoms with Crippen molar-refractivity contribution in [3.05, 3.63) is 82.9 Å². The molecule has 0 aromatic heterocycles. The van der Waals surface area contributed by atoms with Gasteiger partial charge in [0.2, 0.25) is 0 Å². The standard InChI is InChI=1S/C28H30N2O6/c1-18(2)21-9-6-19(3)25(14-21)35-17-27(31)30-29-16-20-7-11-23(12-8-20)36-28(32)22-10-13-24(33-4)26(15-22)34-5/h6-16,18H,17H2,1-5H3,(H,30,31). The van der Waals surface area contributed by atoms with Crippen molar-refractivity contribution in [2.24, 2.45) is 5.10 Å². The number of benzene rings is 3. The van der Waals surface area contributed by atoms with E-state index in [9.17, 15) is 9.59 Å². The van der Waals surface area contributed by atoms with Crippen LogP contribution in [0.3, 0.4) is 0 Å². The van der Waals surface area contributed by atoms with Crippen LogP contribution in [0.25, 0.3) is 0 Å². The molecule has 0 unspecified atom stereocenters. The van der Waals surface area contributed by atoms with E-state index in [1.54, 1.807) is 42.5 Å². The highest BCUT2D eigenvalue weighted by Crippen LogP contribution is 2.28. The third kappa shape index (κ3) is 7.09. The summed E-state index contributed by atoms with van der Waals surface area (Å²) < 4.78 is 21.5. The largest absolute Gasteiger partial charge is 0.493 e. The molecule has 0 bridgehead atoms. The van der Waals surface area contributed by atoms with Crippen molar-refractivity contribution < 1.29 is 28.5 Å². The minimum absolute atomic E-state index is 0.148. The number of esters is 1. The molecular weight excluding hydrogens is 460 g/mol. The Bertz CT molecular complexity index is 1240. The highest BCUT2D eigenvalue weighted by atomic mass is 16.5. The average Bonchev–Trinajstić information content (AvgIpc) is 2.88. The third-order valence-corrected chi connectivity index (χ3v) is 5.35. The predicted octanol–water partition coefficient (Wildman–Crippen LogP) is 4.88. The predicted molar refractivity (Wildman–Crippen MR) is 137 cm³/mol. The van der Waals surface area contributed by atoms with Gasteiger partial charge in [-0.25, -0.2) is 10.2 Å². The zero-order valence-electron chi connectivity index (χ0n) is 21.0. The number of rotatable bonds is 10. The van der Waals surface area contributed by atoms with Crippen LogP contribution in [0.4, 0.5) is 0 Å². The van der Waals surface area contributed by atoms with Gasteiger partial charge in [-0.05, 0) is 78.1 Å². The maximum atomic E-state index is 12.4. The SMILES string of the molecule is COc1ccc(C(=O)Oc2ccc(C=NNC(=O)COc3cc(C(C)C)ccc3C)cc2)cc1OC. The van der Waals surface area contributed by atoms with Crippen LogP contribution in [0.15, 0.2) is 65.8 Å². The van der Waals surface area contributed by atoms with Gasteiger partial charge >= 0.3 is 5.97 Å². The monoisotopic (exact) mass is 490 g/mol. The normalized spacial score (nSPS) is 10.8. The summed E-state index contributed by atoms with van der Waals surface area (Å²) in [4.78, 5) is 24.6. The molecule has 0 fully saturated rings. The molecule has 0 aliphatic heterocycles. The van der Waals surface area contributed by atoms with Crippen LogP contribution in [0, 0.1) is 6.92 Å². The number of hydrogen-bond acceptors (Lipinski definition) is 7. The average molecular weight is 491 g/mol. The summed E-state index contributed by atoms with van der Waals surface area (Å²) in [7, 11) is 3.02. The number of methoxy groups -OCH3 is 2. The number of aryl methyl sites for hydroxylation is 1. The fourth-order valence-corrected chi connectivity index (χ4v) is 3.24. The summed E-state index contributed by atoms with van der Waals surface area (Å²) in [6.45, 7) is 5.99. The van der Waals surface area contributed by atoms with Crippen molar-refractivity contribution in [3.63, 3.8) is 0 Å². The number of amides is 1. The molecule has 188 valence electrons. The van der Waals surface area contributed by atoms with Crippen LogP contribution in [0.5, 0.6) is 23.0 Å². The minimum Gasteiger partial charge on any atom is -0.493 e. The van der Waals surface area contributed by atoms with Gasteiger partial charge in [-0.15, -0.1) is 0 Å². The van der Waals surface area contributed by atoms with Crippen LogP contribution in [0.2, 0.25) is 0 Å². The lowest BCUT2D eigenvalue weighted by molar-refractivity contribution is -0.123. The molecule has 1 N–H and O–H groups in total. The number of nitrogens with one attached hydrogen (secondary N) is 1. The van der Waals surface area contributed by atoms with Crippen molar-refractivity contribution >= 4 is 18.1 Å². The van der Waals surface area contributed by atoms with E-state index in [1.165, 1.54) is 20.4 Å². The lowest BCUT2D eigenvalue weighted by Crippen LogP contribution is -2.24. The molecule has 3 aromatic carbocycles. The van der Waals surface area contributed by atoms with Crippen LogP contribution < -0.4 is 24.4 Å². The quantitative estimate of drug-likeness (QED) is 0.188. The Morgan fingerprint density at radius 2 is 1.64 bits per heavy atom. The van der Waals surface area contributed by atoms with E-state index in [0.29, 0.717) is 40.0 Å².